The number of rotatable bonds is 6. The normalized spacial score (nSPS) is 18.0. The number of carbonyl (C=O) groups excluding carboxylic acids is 2. The van der Waals surface area contributed by atoms with Crippen molar-refractivity contribution in [2.24, 2.45) is 5.92 Å². The van der Waals surface area contributed by atoms with Crippen molar-refractivity contribution in [3.05, 3.63) is 35.1 Å². The Labute approximate surface area is 173 Å². The molecule has 0 aromatic heterocycles. The molecule has 1 aromatic carbocycles. The average molecular weight is 408 g/mol. The number of hydrogen-bond acceptors (Lipinski definition) is 4. The van der Waals surface area contributed by atoms with Crippen molar-refractivity contribution in [3.63, 3.8) is 0 Å². The highest BCUT2D eigenvalue weighted by molar-refractivity contribution is 5.81. The van der Waals surface area contributed by atoms with E-state index in [1.165, 1.54) is 12.1 Å². The number of carbonyl (C=O) groups is 2. The van der Waals surface area contributed by atoms with Gasteiger partial charge in [-0.3, -0.25) is 0 Å². The lowest BCUT2D eigenvalue weighted by Gasteiger charge is -2.31. The van der Waals surface area contributed by atoms with E-state index in [2.05, 4.69) is 5.32 Å². The second-order valence-corrected chi connectivity index (χ2v) is 9.08. The molecular formula is C23H34FNO4. The lowest BCUT2D eigenvalue weighted by Crippen LogP contribution is -2.43. The SMILES string of the molecule is Cc1cc(F)ccc1[C@H](C1CCCC1)[C@H](C)OC(=O)[C@H](C)NC(=O)OC(C)(C)C. The van der Waals surface area contributed by atoms with Crippen LogP contribution in [0.3, 0.4) is 0 Å². The second kappa shape index (κ2) is 9.59. The number of hydrogen-bond donors (Lipinski definition) is 1. The van der Waals surface area contributed by atoms with E-state index >= 15 is 0 Å². The van der Waals surface area contributed by atoms with Crippen LogP contribution >= 0.6 is 0 Å². The molecule has 0 spiro atoms. The van der Waals surface area contributed by atoms with Gasteiger partial charge in [0, 0.05) is 5.92 Å². The van der Waals surface area contributed by atoms with Crippen LogP contribution in [0, 0.1) is 18.7 Å². The first-order valence-corrected chi connectivity index (χ1v) is 10.4. The first kappa shape index (κ1) is 23.2. The summed E-state index contributed by atoms with van der Waals surface area (Å²) in [6.07, 6.45) is 3.38. The molecule has 1 aliphatic rings. The van der Waals surface area contributed by atoms with E-state index in [-0.39, 0.29) is 11.7 Å². The van der Waals surface area contributed by atoms with E-state index in [4.69, 9.17) is 9.47 Å². The molecule has 0 bridgehead atoms. The Morgan fingerprint density at radius 2 is 1.79 bits per heavy atom. The molecule has 0 radical (unpaired) electrons. The first-order valence-electron chi connectivity index (χ1n) is 10.4. The van der Waals surface area contributed by atoms with Gasteiger partial charge in [0.15, 0.2) is 0 Å². The highest BCUT2D eigenvalue weighted by Crippen LogP contribution is 2.41. The average Bonchev–Trinajstić information content (AvgIpc) is 3.09. The summed E-state index contributed by atoms with van der Waals surface area (Å²) in [5.41, 5.74) is 1.24. The number of nitrogens with one attached hydrogen (secondary N) is 1. The Morgan fingerprint density at radius 1 is 1.17 bits per heavy atom. The quantitative estimate of drug-likeness (QED) is 0.654. The van der Waals surface area contributed by atoms with Gasteiger partial charge in [-0.25, -0.2) is 14.0 Å². The summed E-state index contributed by atoms with van der Waals surface area (Å²) < 4.78 is 24.6. The maximum Gasteiger partial charge on any atom is 0.408 e. The standard InChI is InChI=1S/C23H34FNO4/c1-14-13-18(24)11-12-19(14)20(17-9-7-8-10-17)16(3)28-21(26)15(2)25-22(27)29-23(4,5)6/h11-13,15-17,20H,7-10H2,1-6H3,(H,25,27)/t15-,16-,20-/m0/s1. The molecule has 2 rings (SSSR count). The molecule has 1 aromatic rings. The van der Waals surface area contributed by atoms with Gasteiger partial charge in [-0.1, -0.05) is 18.9 Å². The van der Waals surface area contributed by atoms with E-state index in [0.717, 1.165) is 36.8 Å². The van der Waals surface area contributed by atoms with Crippen molar-refractivity contribution in [1.82, 2.24) is 5.32 Å². The minimum Gasteiger partial charge on any atom is -0.460 e. The van der Waals surface area contributed by atoms with Crippen LogP contribution in [-0.4, -0.2) is 29.8 Å². The Hall–Kier alpha value is -2.11. The van der Waals surface area contributed by atoms with E-state index < -0.39 is 29.8 Å². The molecule has 1 saturated carbocycles. The zero-order valence-corrected chi connectivity index (χ0v) is 18.4. The van der Waals surface area contributed by atoms with Gasteiger partial charge in [-0.05, 0) is 83.6 Å². The predicted molar refractivity (Wildman–Crippen MR) is 110 cm³/mol. The molecule has 162 valence electrons. The van der Waals surface area contributed by atoms with Crippen LogP contribution in [0.5, 0.6) is 0 Å². The lowest BCUT2D eigenvalue weighted by atomic mass is 9.79. The zero-order chi connectivity index (χ0) is 21.8. The minimum absolute atomic E-state index is 0.00391. The fourth-order valence-corrected chi connectivity index (χ4v) is 4.12. The largest absolute Gasteiger partial charge is 0.460 e. The molecule has 5 nitrogen and oxygen atoms in total. The molecule has 0 aliphatic heterocycles. The number of amides is 1. The van der Waals surface area contributed by atoms with Crippen molar-refractivity contribution >= 4 is 12.1 Å². The van der Waals surface area contributed by atoms with Gasteiger partial charge in [-0.2, -0.15) is 0 Å². The van der Waals surface area contributed by atoms with Gasteiger partial charge in [0.25, 0.3) is 0 Å². The highest BCUT2D eigenvalue weighted by Gasteiger charge is 2.34. The number of alkyl carbamates (subject to hydrolysis) is 1. The predicted octanol–water partition coefficient (Wildman–Crippen LogP) is 5.25. The van der Waals surface area contributed by atoms with Crippen molar-refractivity contribution < 1.29 is 23.5 Å². The Morgan fingerprint density at radius 3 is 2.34 bits per heavy atom. The Bertz CT molecular complexity index is 722. The molecule has 0 unspecified atom stereocenters. The maximum atomic E-state index is 13.6. The highest BCUT2D eigenvalue weighted by atomic mass is 19.1. The monoisotopic (exact) mass is 407 g/mol. The third kappa shape index (κ3) is 6.72. The fraction of sp³-hybridized carbons (Fsp3) is 0.652. The topological polar surface area (TPSA) is 64.6 Å². The smallest absolute Gasteiger partial charge is 0.408 e. The molecule has 3 atom stereocenters. The summed E-state index contributed by atoms with van der Waals surface area (Å²) in [5, 5.41) is 2.52. The van der Waals surface area contributed by atoms with E-state index in [1.807, 2.05) is 13.8 Å². The van der Waals surface area contributed by atoms with Gasteiger partial charge < -0.3 is 14.8 Å². The number of benzene rings is 1. The molecular weight excluding hydrogens is 373 g/mol. The molecule has 0 heterocycles. The van der Waals surface area contributed by atoms with Crippen LogP contribution in [0.4, 0.5) is 9.18 Å². The number of halogens is 1. The molecule has 1 fully saturated rings. The number of aryl methyl sites for hydroxylation is 1. The summed E-state index contributed by atoms with van der Waals surface area (Å²) >= 11 is 0. The molecule has 0 saturated heterocycles. The fourth-order valence-electron chi connectivity index (χ4n) is 4.12. The van der Waals surface area contributed by atoms with Gasteiger partial charge in [0.2, 0.25) is 0 Å². The maximum absolute atomic E-state index is 13.6. The van der Waals surface area contributed by atoms with Crippen LogP contribution in [0.2, 0.25) is 0 Å². The van der Waals surface area contributed by atoms with Crippen LogP contribution in [0.25, 0.3) is 0 Å². The lowest BCUT2D eigenvalue weighted by molar-refractivity contribution is -0.152. The molecule has 6 heteroatoms. The van der Waals surface area contributed by atoms with Gasteiger partial charge in [-0.15, -0.1) is 0 Å². The molecule has 1 amide bonds. The summed E-state index contributed by atoms with van der Waals surface area (Å²) in [7, 11) is 0. The van der Waals surface area contributed by atoms with Crippen LogP contribution in [0.15, 0.2) is 18.2 Å². The minimum atomic E-state index is -0.828. The summed E-state index contributed by atoms with van der Waals surface area (Å²) in [6.45, 7) is 10.6. The van der Waals surface area contributed by atoms with Crippen LogP contribution in [-0.2, 0) is 14.3 Å². The number of esters is 1. The molecule has 29 heavy (non-hydrogen) atoms. The summed E-state index contributed by atoms with van der Waals surface area (Å²) in [5.74, 6) is -0.394. The van der Waals surface area contributed by atoms with Gasteiger partial charge >= 0.3 is 12.1 Å². The van der Waals surface area contributed by atoms with Gasteiger partial charge in [0.05, 0.1) is 0 Å². The van der Waals surface area contributed by atoms with Crippen molar-refractivity contribution in [2.45, 2.75) is 90.9 Å². The van der Waals surface area contributed by atoms with Crippen molar-refractivity contribution in [1.29, 1.82) is 0 Å². The van der Waals surface area contributed by atoms with Crippen molar-refractivity contribution in [3.8, 4) is 0 Å². The Balaban J connectivity index is 2.09. The summed E-state index contributed by atoms with van der Waals surface area (Å²) in [4.78, 5) is 24.5. The zero-order valence-electron chi connectivity index (χ0n) is 18.4. The van der Waals surface area contributed by atoms with E-state index in [1.54, 1.807) is 33.8 Å². The van der Waals surface area contributed by atoms with E-state index in [9.17, 15) is 14.0 Å². The Kier molecular flexibility index (Phi) is 7.66. The van der Waals surface area contributed by atoms with E-state index in [0.29, 0.717) is 5.92 Å². The van der Waals surface area contributed by atoms with Gasteiger partial charge in [0.1, 0.15) is 23.6 Å². The molecule has 1 N–H and O–H groups in total. The third-order valence-corrected chi connectivity index (χ3v) is 5.39. The van der Waals surface area contributed by atoms with Crippen LogP contribution in [0.1, 0.15) is 77.3 Å². The summed E-state index contributed by atoms with van der Waals surface area (Å²) in [6, 6.07) is 3.97. The number of ether oxygens (including phenoxy) is 2. The second-order valence-electron chi connectivity index (χ2n) is 9.08. The van der Waals surface area contributed by atoms with Crippen LogP contribution < -0.4 is 5.32 Å². The van der Waals surface area contributed by atoms with Crippen molar-refractivity contribution in [2.75, 3.05) is 0 Å². The first-order chi connectivity index (χ1) is 13.5. The molecule has 1 aliphatic carbocycles. The third-order valence-electron chi connectivity index (χ3n) is 5.39.